The molecule has 1 aliphatic carbocycles. The molecule has 1 aliphatic rings. The molecule has 0 spiro atoms. The molecule has 3 rings (SSSR count). The summed E-state index contributed by atoms with van der Waals surface area (Å²) in [6.07, 6.45) is 1.79. The lowest BCUT2D eigenvalue weighted by Gasteiger charge is -2.17. The molecule has 0 saturated heterocycles. The number of anilines is 1. The van der Waals surface area contributed by atoms with Crippen molar-refractivity contribution in [2.24, 2.45) is 5.41 Å². The van der Waals surface area contributed by atoms with E-state index in [0.717, 1.165) is 22.4 Å². The van der Waals surface area contributed by atoms with Crippen LogP contribution in [0.3, 0.4) is 0 Å². The van der Waals surface area contributed by atoms with Crippen LogP contribution in [0.4, 0.5) is 5.69 Å². The number of carbonyl (C=O) groups excluding carboxylic acids is 2. The molecular formula is C23H28N2O4. The van der Waals surface area contributed by atoms with Gasteiger partial charge in [0.15, 0.2) is 11.5 Å². The second kappa shape index (κ2) is 8.55. The van der Waals surface area contributed by atoms with Crippen LogP contribution in [0.1, 0.15) is 29.5 Å². The van der Waals surface area contributed by atoms with Crippen LogP contribution in [0.2, 0.25) is 0 Å². The summed E-state index contributed by atoms with van der Waals surface area (Å²) in [5, 5.41) is 5.86. The van der Waals surface area contributed by atoms with Crippen LogP contribution in [0.15, 0.2) is 36.4 Å². The quantitative estimate of drug-likeness (QED) is 0.671. The maximum Gasteiger partial charge on any atom is 0.240 e. The number of hydrogen-bond donors (Lipinski definition) is 2. The summed E-state index contributed by atoms with van der Waals surface area (Å²) in [5.41, 5.74) is 2.88. The maximum absolute atomic E-state index is 12.8. The highest BCUT2D eigenvalue weighted by atomic mass is 16.5. The number of ether oxygens (including phenoxy) is 2. The molecule has 2 aromatic carbocycles. The molecule has 0 atom stereocenters. The second-order valence-corrected chi connectivity index (χ2v) is 7.55. The van der Waals surface area contributed by atoms with Gasteiger partial charge >= 0.3 is 0 Å². The van der Waals surface area contributed by atoms with Gasteiger partial charge < -0.3 is 20.1 Å². The van der Waals surface area contributed by atoms with Crippen molar-refractivity contribution < 1.29 is 19.1 Å². The van der Waals surface area contributed by atoms with Crippen LogP contribution in [-0.2, 0) is 16.0 Å². The summed E-state index contributed by atoms with van der Waals surface area (Å²) in [5.74, 6) is 0.888. The van der Waals surface area contributed by atoms with Gasteiger partial charge in [0.05, 0.1) is 14.2 Å². The van der Waals surface area contributed by atoms with E-state index >= 15 is 0 Å². The van der Waals surface area contributed by atoms with E-state index in [4.69, 9.17) is 9.47 Å². The van der Waals surface area contributed by atoms with Crippen LogP contribution in [0, 0.1) is 19.3 Å². The lowest BCUT2D eigenvalue weighted by molar-refractivity contribution is -0.134. The number of benzene rings is 2. The minimum Gasteiger partial charge on any atom is -0.493 e. The predicted molar refractivity (Wildman–Crippen MR) is 112 cm³/mol. The molecule has 0 aliphatic heterocycles. The number of nitrogens with one attached hydrogen (secondary N) is 2. The first kappa shape index (κ1) is 20.7. The molecule has 0 aromatic heterocycles. The minimum atomic E-state index is -0.951. The van der Waals surface area contributed by atoms with Crippen molar-refractivity contribution in [3.8, 4) is 11.5 Å². The van der Waals surface area contributed by atoms with E-state index in [-0.39, 0.29) is 11.8 Å². The molecule has 0 bridgehead atoms. The Morgan fingerprint density at radius 2 is 1.69 bits per heavy atom. The topological polar surface area (TPSA) is 76.7 Å². The van der Waals surface area contributed by atoms with Gasteiger partial charge in [-0.15, -0.1) is 0 Å². The molecule has 2 amide bonds. The molecule has 2 N–H and O–H groups in total. The minimum absolute atomic E-state index is 0.208. The number of carbonyl (C=O) groups is 2. The summed E-state index contributed by atoms with van der Waals surface area (Å²) in [6.45, 7) is 4.37. The van der Waals surface area contributed by atoms with Gasteiger partial charge in [-0.1, -0.05) is 18.2 Å². The highest BCUT2D eigenvalue weighted by Crippen LogP contribution is 2.47. The van der Waals surface area contributed by atoms with Crippen LogP contribution in [0.5, 0.6) is 11.5 Å². The Bertz CT molecular complexity index is 919. The maximum atomic E-state index is 12.8. The fraction of sp³-hybridized carbons (Fsp3) is 0.391. The molecule has 0 unspecified atom stereocenters. The standard InChI is InChI=1S/C23H28N2O4/c1-15-5-6-16(2)18(13-15)25-22(27)23(10-11-23)21(26)24-12-9-17-7-8-19(28-3)20(14-17)29-4/h5-8,13-14H,9-12H2,1-4H3,(H,24,26)(H,25,27). The third kappa shape index (κ3) is 4.53. The molecule has 6 heteroatoms. The number of hydrogen-bond acceptors (Lipinski definition) is 4. The molecule has 6 nitrogen and oxygen atoms in total. The molecule has 1 saturated carbocycles. The summed E-state index contributed by atoms with van der Waals surface area (Å²) in [4.78, 5) is 25.5. The SMILES string of the molecule is COc1ccc(CCNC(=O)C2(C(=O)Nc3cc(C)ccc3C)CC2)cc1OC. The predicted octanol–water partition coefficient (Wildman–Crippen LogP) is 3.40. The van der Waals surface area contributed by atoms with E-state index in [2.05, 4.69) is 10.6 Å². The van der Waals surface area contributed by atoms with Crippen LogP contribution in [-0.4, -0.2) is 32.6 Å². The fourth-order valence-electron chi connectivity index (χ4n) is 3.32. The Balaban J connectivity index is 1.57. The van der Waals surface area contributed by atoms with Gasteiger partial charge in [0.2, 0.25) is 11.8 Å². The van der Waals surface area contributed by atoms with E-state index in [9.17, 15) is 9.59 Å². The Morgan fingerprint density at radius 1 is 0.966 bits per heavy atom. The number of amides is 2. The highest BCUT2D eigenvalue weighted by Gasteiger charge is 2.56. The van der Waals surface area contributed by atoms with Crippen molar-refractivity contribution in [3.05, 3.63) is 53.1 Å². The van der Waals surface area contributed by atoms with E-state index in [0.29, 0.717) is 37.3 Å². The second-order valence-electron chi connectivity index (χ2n) is 7.55. The summed E-state index contributed by atoms with van der Waals surface area (Å²) >= 11 is 0. The van der Waals surface area contributed by atoms with Crippen molar-refractivity contribution in [2.75, 3.05) is 26.1 Å². The van der Waals surface area contributed by atoms with Crippen molar-refractivity contribution in [3.63, 3.8) is 0 Å². The van der Waals surface area contributed by atoms with Crippen molar-refractivity contribution in [2.45, 2.75) is 33.1 Å². The van der Waals surface area contributed by atoms with E-state index in [1.165, 1.54) is 0 Å². The van der Waals surface area contributed by atoms with E-state index in [1.807, 2.05) is 50.2 Å². The summed E-state index contributed by atoms with van der Waals surface area (Å²) in [6, 6.07) is 11.6. The van der Waals surface area contributed by atoms with Crippen LogP contribution in [0.25, 0.3) is 0 Å². The lowest BCUT2D eigenvalue weighted by Crippen LogP contribution is -2.40. The number of rotatable bonds is 8. The summed E-state index contributed by atoms with van der Waals surface area (Å²) in [7, 11) is 3.19. The van der Waals surface area contributed by atoms with Crippen LogP contribution < -0.4 is 20.1 Å². The zero-order valence-electron chi connectivity index (χ0n) is 17.4. The van der Waals surface area contributed by atoms with Crippen LogP contribution >= 0.6 is 0 Å². The fourth-order valence-corrected chi connectivity index (χ4v) is 3.32. The van der Waals surface area contributed by atoms with Gasteiger partial charge in [-0.25, -0.2) is 0 Å². The van der Waals surface area contributed by atoms with E-state index < -0.39 is 5.41 Å². The largest absolute Gasteiger partial charge is 0.493 e. The lowest BCUT2D eigenvalue weighted by atomic mass is 10.0. The van der Waals surface area contributed by atoms with Crippen molar-refractivity contribution in [1.29, 1.82) is 0 Å². The summed E-state index contributed by atoms with van der Waals surface area (Å²) < 4.78 is 10.5. The number of aryl methyl sites for hydroxylation is 2. The van der Waals surface area contributed by atoms with Gasteiger partial charge in [-0.05, 0) is 68.0 Å². The molecule has 29 heavy (non-hydrogen) atoms. The van der Waals surface area contributed by atoms with Gasteiger partial charge in [0.1, 0.15) is 5.41 Å². The zero-order chi connectivity index (χ0) is 21.0. The van der Waals surface area contributed by atoms with Gasteiger partial charge in [-0.3, -0.25) is 9.59 Å². The Hall–Kier alpha value is -3.02. The van der Waals surface area contributed by atoms with Gasteiger partial charge in [-0.2, -0.15) is 0 Å². The number of methoxy groups -OCH3 is 2. The Kier molecular flexibility index (Phi) is 6.11. The normalized spacial score (nSPS) is 14.1. The monoisotopic (exact) mass is 396 g/mol. The first-order chi connectivity index (χ1) is 13.9. The Morgan fingerprint density at radius 3 is 2.34 bits per heavy atom. The molecule has 2 aromatic rings. The Labute approximate surface area is 171 Å². The molecule has 154 valence electrons. The van der Waals surface area contributed by atoms with Crippen molar-refractivity contribution >= 4 is 17.5 Å². The first-order valence-electron chi connectivity index (χ1n) is 9.77. The van der Waals surface area contributed by atoms with Gasteiger partial charge in [0.25, 0.3) is 0 Å². The highest BCUT2D eigenvalue weighted by molar-refractivity contribution is 6.13. The average Bonchev–Trinajstić information content (AvgIpc) is 3.52. The zero-order valence-corrected chi connectivity index (χ0v) is 17.4. The van der Waals surface area contributed by atoms with Crippen molar-refractivity contribution in [1.82, 2.24) is 5.32 Å². The van der Waals surface area contributed by atoms with E-state index in [1.54, 1.807) is 14.2 Å². The van der Waals surface area contributed by atoms with Gasteiger partial charge in [0, 0.05) is 12.2 Å². The average molecular weight is 396 g/mol. The first-order valence-corrected chi connectivity index (χ1v) is 9.77. The molecule has 0 radical (unpaired) electrons. The third-order valence-corrected chi connectivity index (χ3v) is 5.41. The third-order valence-electron chi connectivity index (χ3n) is 5.41. The molecule has 1 fully saturated rings. The molecular weight excluding hydrogens is 368 g/mol. The molecule has 0 heterocycles. The smallest absolute Gasteiger partial charge is 0.240 e.